The number of aromatic nitrogens is 4. The fourth-order valence-electron chi connectivity index (χ4n) is 9.76. The standard InChI is InChI=1S/C51H64ClF2N13O6S/c1-30-10-9-13-35(52)43(30)61-47(69)39-29-57-51(74-39)60-40-28-41(59-32(3)58-40)65-17-15-64(16-18-65)23-25-73-24-14-56-48(70)42-34-26-36(53)37(54)27-38(34)63(5)45(42)50(72)67-21-19-66(20-22-67)49(71)44(33-11-7-6-8-12-33)62-46(68)31(2)55-4/h9-10,13,26-29,31,33,44,55H,6-8,11-12,14-25H2,1-5H3,(H,56,70)(H,61,69)(H,62,68)(H,57,58,59,60)/t31-,44?/m0/s1. The second kappa shape index (κ2) is 24.3. The molecule has 5 heterocycles. The summed E-state index contributed by atoms with van der Waals surface area (Å²) < 4.78 is 36.7. The highest BCUT2D eigenvalue weighted by molar-refractivity contribution is 7.17. The summed E-state index contributed by atoms with van der Waals surface area (Å²) in [7, 11) is 3.22. The van der Waals surface area contributed by atoms with E-state index in [-0.39, 0.29) is 85.1 Å². The first-order valence-corrected chi connectivity index (χ1v) is 26.3. The van der Waals surface area contributed by atoms with Crippen LogP contribution < -0.4 is 31.5 Å². The van der Waals surface area contributed by atoms with Crippen LogP contribution in [-0.4, -0.2) is 162 Å². The van der Waals surface area contributed by atoms with Crippen LogP contribution in [0.5, 0.6) is 0 Å². The molecular formula is C51H64ClF2N13O6S. The lowest BCUT2D eigenvalue weighted by molar-refractivity contribution is -0.140. The Bertz CT molecular complexity index is 2840. The molecule has 0 spiro atoms. The number of nitrogens with zero attached hydrogens (tertiary/aromatic N) is 8. The fraction of sp³-hybridized carbons (Fsp3) is 0.490. The van der Waals surface area contributed by atoms with E-state index in [9.17, 15) is 32.8 Å². The molecule has 8 rings (SSSR count). The molecule has 396 valence electrons. The van der Waals surface area contributed by atoms with Crippen molar-refractivity contribution in [1.82, 2.24) is 50.2 Å². The maximum absolute atomic E-state index is 14.8. The van der Waals surface area contributed by atoms with Gasteiger partial charge in [0.2, 0.25) is 11.8 Å². The lowest BCUT2D eigenvalue weighted by Crippen LogP contribution is -2.59. The number of para-hydroxylation sites is 1. The molecule has 2 aliphatic heterocycles. The third-order valence-electron chi connectivity index (χ3n) is 14.1. The number of amides is 5. The highest BCUT2D eigenvalue weighted by atomic mass is 35.5. The zero-order valence-corrected chi connectivity index (χ0v) is 43.9. The topological polar surface area (TPSA) is 211 Å². The Labute approximate surface area is 437 Å². The predicted molar refractivity (Wildman–Crippen MR) is 280 cm³/mol. The fourth-order valence-corrected chi connectivity index (χ4v) is 10.7. The highest BCUT2D eigenvalue weighted by Crippen LogP contribution is 2.32. The molecule has 23 heteroatoms. The van der Waals surface area contributed by atoms with E-state index in [1.54, 1.807) is 29.8 Å². The van der Waals surface area contributed by atoms with E-state index in [0.717, 1.165) is 68.7 Å². The number of likely N-dealkylation sites (N-methyl/N-ethyl adjacent to an activating group) is 1. The summed E-state index contributed by atoms with van der Waals surface area (Å²) in [6, 6.07) is 8.03. The summed E-state index contributed by atoms with van der Waals surface area (Å²) in [5, 5.41) is 15.9. The van der Waals surface area contributed by atoms with E-state index in [2.05, 4.69) is 51.3 Å². The van der Waals surface area contributed by atoms with Gasteiger partial charge in [-0.15, -0.1) is 0 Å². The Balaban J connectivity index is 0.810. The van der Waals surface area contributed by atoms with Crippen molar-refractivity contribution in [2.24, 2.45) is 13.0 Å². The molecule has 2 aromatic carbocycles. The van der Waals surface area contributed by atoms with Crippen molar-refractivity contribution in [3.63, 3.8) is 0 Å². The highest BCUT2D eigenvalue weighted by Gasteiger charge is 2.38. The van der Waals surface area contributed by atoms with Crippen LogP contribution in [0.1, 0.15) is 80.9 Å². The molecule has 3 aliphatic rings. The normalized spacial score (nSPS) is 16.5. The number of aryl methyl sites for hydroxylation is 3. The first kappa shape index (κ1) is 53.9. The van der Waals surface area contributed by atoms with E-state index >= 15 is 0 Å². The molecule has 5 N–H and O–H groups in total. The number of carbonyl (C=O) groups excluding carboxylic acids is 5. The van der Waals surface area contributed by atoms with Gasteiger partial charge >= 0.3 is 0 Å². The minimum Gasteiger partial charge on any atom is -0.378 e. The van der Waals surface area contributed by atoms with Gasteiger partial charge in [0.05, 0.1) is 47.2 Å². The Morgan fingerprint density at radius 1 is 0.892 bits per heavy atom. The molecule has 5 amide bonds. The molecule has 0 bridgehead atoms. The summed E-state index contributed by atoms with van der Waals surface area (Å²) in [6.07, 6.45) is 6.24. The molecule has 1 aliphatic carbocycles. The first-order chi connectivity index (χ1) is 35.6. The molecule has 1 saturated carbocycles. The molecule has 19 nitrogen and oxygen atoms in total. The van der Waals surface area contributed by atoms with Crippen LogP contribution in [0, 0.1) is 31.4 Å². The third-order valence-corrected chi connectivity index (χ3v) is 15.3. The predicted octanol–water partition coefficient (Wildman–Crippen LogP) is 5.50. The summed E-state index contributed by atoms with van der Waals surface area (Å²) in [6.45, 7) is 10.3. The number of rotatable bonds is 18. The van der Waals surface area contributed by atoms with Crippen molar-refractivity contribution in [3.8, 4) is 0 Å². The molecule has 1 unspecified atom stereocenters. The molecule has 5 aromatic rings. The summed E-state index contributed by atoms with van der Waals surface area (Å²) >= 11 is 7.50. The lowest BCUT2D eigenvalue weighted by atomic mass is 9.83. The van der Waals surface area contributed by atoms with E-state index in [4.69, 9.17) is 16.3 Å². The van der Waals surface area contributed by atoms with Gasteiger partial charge < -0.3 is 50.6 Å². The van der Waals surface area contributed by atoms with Crippen molar-refractivity contribution in [3.05, 3.63) is 86.8 Å². The van der Waals surface area contributed by atoms with Gasteiger partial charge in [-0.1, -0.05) is 54.3 Å². The number of benzene rings is 2. The molecule has 3 aromatic heterocycles. The largest absolute Gasteiger partial charge is 0.378 e. The Kier molecular flexibility index (Phi) is 17.7. The van der Waals surface area contributed by atoms with Gasteiger partial charge in [0.15, 0.2) is 16.8 Å². The van der Waals surface area contributed by atoms with E-state index in [1.165, 1.54) is 29.1 Å². The SMILES string of the molecule is CN[C@@H](C)C(=O)NC(C(=O)N1CCN(C(=O)c2c(C(=O)NCCOCCN3CCN(c4cc(Nc5ncc(C(=O)Nc6c(C)cccc6Cl)s5)nc(C)n4)CC3)c3cc(F)c(F)cc3n2C)CC1)C1CCCCC1. The van der Waals surface area contributed by atoms with E-state index in [0.29, 0.717) is 58.6 Å². The maximum atomic E-state index is 14.8. The lowest BCUT2D eigenvalue weighted by Gasteiger charge is -2.39. The smallest absolute Gasteiger partial charge is 0.271 e. The number of halogens is 3. The molecular weight excluding hydrogens is 996 g/mol. The average molecular weight is 1060 g/mol. The molecule has 74 heavy (non-hydrogen) atoms. The molecule has 3 fully saturated rings. The van der Waals surface area contributed by atoms with Gasteiger partial charge in [-0.25, -0.2) is 23.7 Å². The van der Waals surface area contributed by atoms with Crippen LogP contribution in [-0.2, 0) is 21.4 Å². The second-order valence-corrected chi connectivity index (χ2v) is 20.4. The van der Waals surface area contributed by atoms with Crippen molar-refractivity contribution in [1.29, 1.82) is 0 Å². The van der Waals surface area contributed by atoms with Crippen LogP contribution in [0.3, 0.4) is 0 Å². The van der Waals surface area contributed by atoms with Gasteiger partial charge in [-0.2, -0.15) is 0 Å². The summed E-state index contributed by atoms with van der Waals surface area (Å²) in [4.78, 5) is 90.0. The van der Waals surface area contributed by atoms with E-state index in [1.807, 2.05) is 32.0 Å². The Hall–Kier alpha value is -6.33. The minimum absolute atomic E-state index is 0.0115. The molecule has 2 saturated heterocycles. The zero-order valence-electron chi connectivity index (χ0n) is 42.4. The van der Waals surface area contributed by atoms with Crippen molar-refractivity contribution in [2.45, 2.75) is 65.0 Å². The Morgan fingerprint density at radius 3 is 2.32 bits per heavy atom. The third kappa shape index (κ3) is 12.6. The monoisotopic (exact) mass is 1060 g/mol. The van der Waals surface area contributed by atoms with Gasteiger partial charge in [0, 0.05) is 90.0 Å². The number of anilines is 4. The van der Waals surface area contributed by atoms with E-state index < -0.39 is 35.5 Å². The maximum Gasteiger partial charge on any atom is 0.271 e. The summed E-state index contributed by atoms with van der Waals surface area (Å²) in [5.41, 5.74) is 1.47. The van der Waals surface area contributed by atoms with Crippen LogP contribution in [0.25, 0.3) is 10.9 Å². The number of hydrogen-bond acceptors (Lipinski definition) is 14. The van der Waals surface area contributed by atoms with Gasteiger partial charge in [-0.3, -0.25) is 28.9 Å². The van der Waals surface area contributed by atoms with Crippen LogP contribution in [0.15, 0.2) is 42.6 Å². The molecule has 2 atom stereocenters. The number of carbonyl (C=O) groups is 5. The number of thiazole rings is 1. The second-order valence-electron chi connectivity index (χ2n) is 19.0. The van der Waals surface area contributed by atoms with Crippen molar-refractivity contribution < 1.29 is 37.5 Å². The molecule has 0 radical (unpaired) electrons. The van der Waals surface area contributed by atoms with Crippen LogP contribution >= 0.6 is 22.9 Å². The Morgan fingerprint density at radius 2 is 1.61 bits per heavy atom. The minimum atomic E-state index is -1.15. The zero-order chi connectivity index (χ0) is 52.6. The van der Waals surface area contributed by atoms with Crippen molar-refractivity contribution in [2.75, 3.05) is 101 Å². The number of ether oxygens (including phenoxy) is 1. The summed E-state index contributed by atoms with van der Waals surface area (Å²) in [5.74, 6) is -2.27. The quantitative estimate of drug-likeness (QED) is 0.0688. The average Bonchev–Trinajstić information content (AvgIpc) is 3.98. The van der Waals surface area contributed by atoms with Crippen LogP contribution in [0.2, 0.25) is 5.02 Å². The number of hydrogen-bond donors (Lipinski definition) is 5. The first-order valence-electron chi connectivity index (χ1n) is 25.1. The van der Waals surface area contributed by atoms with Gasteiger partial charge in [0.25, 0.3) is 17.7 Å². The van der Waals surface area contributed by atoms with Crippen molar-refractivity contribution >= 4 is 85.8 Å². The number of fused-ring (bicyclic) bond motifs is 1. The number of nitrogens with one attached hydrogen (secondary N) is 5. The number of piperazine rings is 2. The van der Waals surface area contributed by atoms with Crippen LogP contribution in [0.4, 0.5) is 31.2 Å². The van der Waals surface area contributed by atoms with Gasteiger partial charge in [0.1, 0.15) is 34.1 Å². The van der Waals surface area contributed by atoms with Gasteiger partial charge in [-0.05, 0) is 64.3 Å².